The fourth-order valence-corrected chi connectivity index (χ4v) is 2.42. The summed E-state index contributed by atoms with van der Waals surface area (Å²) in [6.07, 6.45) is 6.56. The first-order chi connectivity index (χ1) is 11.6. The van der Waals surface area contributed by atoms with Crippen LogP contribution in [0.25, 0.3) is 17.2 Å². The Hall–Kier alpha value is -3.40. The molecule has 0 saturated heterocycles. The minimum absolute atomic E-state index is 0.0870. The van der Waals surface area contributed by atoms with Gasteiger partial charge in [0.1, 0.15) is 11.5 Å². The Morgan fingerprint density at radius 2 is 1.71 bits per heavy atom. The molecule has 0 amide bonds. The van der Waals surface area contributed by atoms with E-state index in [0.717, 1.165) is 22.8 Å². The highest BCUT2D eigenvalue weighted by atomic mass is 16.3. The third-order valence-electron chi connectivity index (χ3n) is 3.61. The van der Waals surface area contributed by atoms with E-state index in [1.54, 1.807) is 18.5 Å². The SMILES string of the molecule is O=C(/C=C/c1ccccc1-c1ccncc1)c1ccc(O)cc1O. The van der Waals surface area contributed by atoms with Gasteiger partial charge in [-0.2, -0.15) is 0 Å². The van der Waals surface area contributed by atoms with Gasteiger partial charge in [0.05, 0.1) is 5.56 Å². The van der Waals surface area contributed by atoms with E-state index < -0.39 is 0 Å². The third kappa shape index (κ3) is 3.33. The van der Waals surface area contributed by atoms with E-state index in [2.05, 4.69) is 4.98 Å². The lowest BCUT2D eigenvalue weighted by molar-refractivity contribution is 0.104. The molecule has 118 valence electrons. The molecule has 0 unspecified atom stereocenters. The van der Waals surface area contributed by atoms with Crippen LogP contribution in [0.2, 0.25) is 0 Å². The number of carbonyl (C=O) groups excluding carboxylic acids is 1. The standard InChI is InChI=1S/C20H15NO3/c22-16-6-7-18(20(24)13-16)19(23)8-5-14-3-1-2-4-17(14)15-9-11-21-12-10-15/h1-13,22,24H/b8-5+. The Bertz CT molecular complexity index is 902. The van der Waals surface area contributed by atoms with Crippen molar-refractivity contribution in [2.45, 2.75) is 0 Å². The van der Waals surface area contributed by atoms with Gasteiger partial charge >= 0.3 is 0 Å². The van der Waals surface area contributed by atoms with Gasteiger partial charge in [-0.25, -0.2) is 0 Å². The summed E-state index contributed by atoms with van der Waals surface area (Å²) in [4.78, 5) is 16.3. The van der Waals surface area contributed by atoms with Crippen LogP contribution in [-0.2, 0) is 0 Å². The fourth-order valence-electron chi connectivity index (χ4n) is 2.42. The number of aromatic hydroxyl groups is 2. The lowest BCUT2D eigenvalue weighted by Crippen LogP contribution is -1.94. The highest BCUT2D eigenvalue weighted by Gasteiger charge is 2.09. The van der Waals surface area contributed by atoms with E-state index in [1.165, 1.54) is 18.2 Å². The molecule has 0 fully saturated rings. The smallest absolute Gasteiger partial charge is 0.189 e. The maximum Gasteiger partial charge on any atom is 0.189 e. The molecular formula is C20H15NO3. The molecule has 0 spiro atoms. The minimum Gasteiger partial charge on any atom is -0.508 e. The topological polar surface area (TPSA) is 70.4 Å². The molecule has 0 aliphatic carbocycles. The van der Waals surface area contributed by atoms with Gasteiger partial charge in [-0.1, -0.05) is 30.3 Å². The summed E-state index contributed by atoms with van der Waals surface area (Å²) < 4.78 is 0. The number of phenols is 2. The molecule has 24 heavy (non-hydrogen) atoms. The molecule has 0 radical (unpaired) electrons. The summed E-state index contributed by atoms with van der Waals surface area (Å²) >= 11 is 0. The van der Waals surface area contributed by atoms with E-state index in [1.807, 2.05) is 36.4 Å². The number of pyridine rings is 1. The van der Waals surface area contributed by atoms with Crippen LogP contribution in [0.5, 0.6) is 11.5 Å². The number of hydrogen-bond donors (Lipinski definition) is 2. The van der Waals surface area contributed by atoms with Crippen molar-refractivity contribution in [1.82, 2.24) is 4.98 Å². The van der Waals surface area contributed by atoms with E-state index in [-0.39, 0.29) is 22.8 Å². The Kier molecular flexibility index (Phi) is 4.38. The number of aromatic nitrogens is 1. The lowest BCUT2D eigenvalue weighted by atomic mass is 9.99. The largest absolute Gasteiger partial charge is 0.508 e. The quantitative estimate of drug-likeness (QED) is 0.562. The van der Waals surface area contributed by atoms with Crippen molar-refractivity contribution in [3.8, 4) is 22.6 Å². The monoisotopic (exact) mass is 317 g/mol. The summed E-state index contributed by atoms with van der Waals surface area (Å²) in [6, 6.07) is 15.4. The molecule has 1 heterocycles. The number of benzene rings is 2. The van der Waals surface area contributed by atoms with Gasteiger partial charge in [-0.15, -0.1) is 0 Å². The highest BCUT2D eigenvalue weighted by molar-refractivity contribution is 6.09. The predicted molar refractivity (Wildman–Crippen MR) is 92.8 cm³/mol. The Morgan fingerprint density at radius 1 is 0.958 bits per heavy atom. The van der Waals surface area contributed by atoms with Crippen molar-refractivity contribution < 1.29 is 15.0 Å². The van der Waals surface area contributed by atoms with E-state index in [9.17, 15) is 15.0 Å². The summed E-state index contributed by atoms with van der Waals surface area (Å²) in [5.74, 6) is -0.667. The van der Waals surface area contributed by atoms with Gasteiger partial charge in [0.2, 0.25) is 0 Å². The van der Waals surface area contributed by atoms with Crippen LogP contribution in [0.3, 0.4) is 0 Å². The molecule has 2 N–H and O–H groups in total. The second kappa shape index (κ2) is 6.79. The van der Waals surface area contributed by atoms with Crippen LogP contribution in [0.1, 0.15) is 15.9 Å². The molecular weight excluding hydrogens is 302 g/mol. The minimum atomic E-state index is -0.336. The number of ketones is 1. The maximum atomic E-state index is 12.3. The molecule has 3 aromatic rings. The van der Waals surface area contributed by atoms with Crippen LogP contribution >= 0.6 is 0 Å². The molecule has 2 aromatic carbocycles. The third-order valence-corrected chi connectivity index (χ3v) is 3.61. The first kappa shape index (κ1) is 15.5. The average molecular weight is 317 g/mol. The van der Waals surface area contributed by atoms with Crippen LogP contribution in [0.4, 0.5) is 0 Å². The highest BCUT2D eigenvalue weighted by Crippen LogP contribution is 2.26. The van der Waals surface area contributed by atoms with Crippen molar-refractivity contribution in [3.63, 3.8) is 0 Å². The molecule has 0 aliphatic heterocycles. The molecule has 0 atom stereocenters. The molecule has 0 aliphatic rings. The van der Waals surface area contributed by atoms with Crippen LogP contribution in [-0.4, -0.2) is 21.0 Å². The molecule has 4 heteroatoms. The molecule has 0 bridgehead atoms. The van der Waals surface area contributed by atoms with Gasteiger partial charge in [0.25, 0.3) is 0 Å². The van der Waals surface area contributed by atoms with Crippen LogP contribution in [0, 0.1) is 0 Å². The van der Waals surface area contributed by atoms with E-state index >= 15 is 0 Å². The second-order valence-electron chi connectivity index (χ2n) is 5.22. The number of allylic oxidation sites excluding steroid dienone is 1. The average Bonchev–Trinajstić information content (AvgIpc) is 2.61. The Labute approximate surface area is 139 Å². The van der Waals surface area contributed by atoms with Gasteiger partial charge in [-0.3, -0.25) is 9.78 Å². The fraction of sp³-hybridized carbons (Fsp3) is 0. The summed E-state index contributed by atoms with van der Waals surface area (Å²) in [5, 5.41) is 19.1. The van der Waals surface area contributed by atoms with Gasteiger partial charge in [-0.05, 0) is 47.0 Å². The normalized spacial score (nSPS) is 10.8. The number of carbonyl (C=O) groups is 1. The maximum absolute atomic E-state index is 12.3. The number of rotatable bonds is 4. The Balaban J connectivity index is 1.91. The molecule has 1 aromatic heterocycles. The van der Waals surface area contributed by atoms with E-state index in [0.29, 0.717) is 0 Å². The van der Waals surface area contributed by atoms with Crippen LogP contribution < -0.4 is 0 Å². The van der Waals surface area contributed by atoms with Crippen molar-refractivity contribution in [2.24, 2.45) is 0 Å². The number of nitrogens with zero attached hydrogens (tertiary/aromatic N) is 1. The van der Waals surface area contributed by atoms with Crippen molar-refractivity contribution in [1.29, 1.82) is 0 Å². The molecule has 4 nitrogen and oxygen atoms in total. The van der Waals surface area contributed by atoms with Crippen molar-refractivity contribution in [2.75, 3.05) is 0 Å². The van der Waals surface area contributed by atoms with Gasteiger partial charge in [0.15, 0.2) is 5.78 Å². The van der Waals surface area contributed by atoms with Gasteiger partial charge < -0.3 is 10.2 Å². The second-order valence-corrected chi connectivity index (χ2v) is 5.22. The lowest BCUT2D eigenvalue weighted by Gasteiger charge is -2.06. The van der Waals surface area contributed by atoms with E-state index in [4.69, 9.17) is 0 Å². The zero-order valence-corrected chi connectivity index (χ0v) is 12.8. The predicted octanol–water partition coefficient (Wildman–Crippen LogP) is 4.06. The summed E-state index contributed by atoms with van der Waals surface area (Å²) in [7, 11) is 0. The van der Waals surface area contributed by atoms with Crippen molar-refractivity contribution >= 4 is 11.9 Å². The van der Waals surface area contributed by atoms with Gasteiger partial charge in [0, 0.05) is 18.5 Å². The zero-order valence-electron chi connectivity index (χ0n) is 12.8. The van der Waals surface area contributed by atoms with Crippen LogP contribution in [0.15, 0.2) is 73.1 Å². The first-order valence-electron chi connectivity index (χ1n) is 7.39. The number of hydrogen-bond acceptors (Lipinski definition) is 4. The van der Waals surface area contributed by atoms with Crippen molar-refractivity contribution in [3.05, 3.63) is 84.2 Å². The Morgan fingerprint density at radius 3 is 2.46 bits per heavy atom. The molecule has 3 rings (SSSR count). The summed E-state index contributed by atoms with van der Waals surface area (Å²) in [6.45, 7) is 0. The summed E-state index contributed by atoms with van der Waals surface area (Å²) in [5.41, 5.74) is 3.02. The first-order valence-corrected chi connectivity index (χ1v) is 7.39. The zero-order chi connectivity index (χ0) is 16.9. The number of phenolic OH excluding ortho intramolecular Hbond substituents is 2. The molecule has 0 saturated carbocycles.